The second-order valence-electron chi connectivity index (χ2n) is 6.20. The Hall–Kier alpha value is -3.28. The highest BCUT2D eigenvalue weighted by Crippen LogP contribution is 2.24. The summed E-state index contributed by atoms with van der Waals surface area (Å²) in [6.07, 6.45) is 6.54. The van der Waals surface area contributed by atoms with E-state index in [0.717, 1.165) is 16.8 Å². The van der Waals surface area contributed by atoms with Crippen LogP contribution in [0.1, 0.15) is 41.4 Å². The van der Waals surface area contributed by atoms with Crippen LogP contribution in [0.3, 0.4) is 0 Å². The molecule has 0 spiro atoms. The third kappa shape index (κ3) is 4.42. The first-order chi connectivity index (χ1) is 12.6. The largest absolute Gasteiger partial charge is 0.365 e. The molecule has 1 amide bonds. The zero-order valence-corrected chi connectivity index (χ0v) is 14.8. The van der Waals surface area contributed by atoms with Crippen LogP contribution in [-0.2, 0) is 6.54 Å². The molecule has 0 aliphatic carbocycles. The summed E-state index contributed by atoms with van der Waals surface area (Å²) in [7, 11) is 0. The predicted molar refractivity (Wildman–Crippen MR) is 102 cm³/mol. The van der Waals surface area contributed by atoms with Gasteiger partial charge in [-0.2, -0.15) is 0 Å². The summed E-state index contributed by atoms with van der Waals surface area (Å²) < 4.78 is 0. The van der Waals surface area contributed by atoms with E-state index in [1.54, 1.807) is 18.6 Å². The Morgan fingerprint density at radius 3 is 2.58 bits per heavy atom. The van der Waals surface area contributed by atoms with Gasteiger partial charge in [-0.05, 0) is 29.2 Å². The molecule has 0 saturated carbocycles. The number of hydrogen-bond donors (Lipinski definition) is 2. The second-order valence-corrected chi connectivity index (χ2v) is 6.20. The summed E-state index contributed by atoms with van der Waals surface area (Å²) in [5.74, 6) is 0.647. The molecule has 2 aromatic heterocycles. The number of rotatable bonds is 6. The maximum absolute atomic E-state index is 12.4. The molecule has 0 unspecified atom stereocenters. The molecule has 6 heteroatoms. The van der Waals surface area contributed by atoms with Gasteiger partial charge in [-0.15, -0.1) is 0 Å². The standard InChI is InChI=1S/C20H21N5O/c1-14(2)16-7-3-4-8-17(16)25-20(26)18-12-24-19(13-22-18)23-11-15-6-5-9-21-10-15/h3-10,12-14H,11H2,1-2H3,(H,23,24)(H,25,26). The lowest BCUT2D eigenvalue weighted by Gasteiger charge is -2.13. The van der Waals surface area contributed by atoms with Crippen molar-refractivity contribution in [3.8, 4) is 0 Å². The van der Waals surface area contributed by atoms with Crippen molar-refractivity contribution in [1.82, 2.24) is 15.0 Å². The smallest absolute Gasteiger partial charge is 0.275 e. The van der Waals surface area contributed by atoms with Crippen LogP contribution in [-0.4, -0.2) is 20.9 Å². The Morgan fingerprint density at radius 2 is 1.88 bits per heavy atom. The van der Waals surface area contributed by atoms with Crippen LogP contribution in [0.4, 0.5) is 11.5 Å². The SMILES string of the molecule is CC(C)c1ccccc1NC(=O)c1cnc(NCc2cccnc2)cn1. The summed E-state index contributed by atoms with van der Waals surface area (Å²) in [6, 6.07) is 11.6. The van der Waals surface area contributed by atoms with Gasteiger partial charge in [0.25, 0.3) is 5.91 Å². The van der Waals surface area contributed by atoms with E-state index >= 15 is 0 Å². The number of nitrogens with zero attached hydrogens (tertiary/aromatic N) is 3. The average Bonchev–Trinajstić information content (AvgIpc) is 2.68. The molecule has 6 nitrogen and oxygen atoms in total. The number of nitrogens with one attached hydrogen (secondary N) is 2. The van der Waals surface area contributed by atoms with Crippen LogP contribution in [0.25, 0.3) is 0 Å². The molecule has 0 fully saturated rings. The van der Waals surface area contributed by atoms with Gasteiger partial charge >= 0.3 is 0 Å². The van der Waals surface area contributed by atoms with Gasteiger partial charge in [0.15, 0.2) is 0 Å². The fourth-order valence-corrected chi connectivity index (χ4v) is 2.53. The highest BCUT2D eigenvalue weighted by molar-refractivity contribution is 6.03. The summed E-state index contributed by atoms with van der Waals surface area (Å²) in [6.45, 7) is 4.77. The van der Waals surface area contributed by atoms with Gasteiger partial charge in [-0.25, -0.2) is 9.97 Å². The summed E-state index contributed by atoms with van der Waals surface area (Å²) in [5.41, 5.74) is 3.20. The monoisotopic (exact) mass is 347 g/mol. The van der Waals surface area contributed by atoms with Crippen molar-refractivity contribution in [1.29, 1.82) is 0 Å². The summed E-state index contributed by atoms with van der Waals surface area (Å²) in [4.78, 5) is 25.0. The minimum absolute atomic E-state index is 0.274. The molecular formula is C20H21N5O. The third-order valence-corrected chi connectivity index (χ3v) is 3.91. The average molecular weight is 347 g/mol. The highest BCUT2D eigenvalue weighted by Gasteiger charge is 2.12. The molecule has 26 heavy (non-hydrogen) atoms. The number of pyridine rings is 1. The van der Waals surface area contributed by atoms with Crippen LogP contribution in [0.2, 0.25) is 0 Å². The first kappa shape index (κ1) is 17.5. The Morgan fingerprint density at radius 1 is 1.04 bits per heavy atom. The van der Waals surface area contributed by atoms with E-state index in [1.807, 2.05) is 36.4 Å². The molecule has 132 valence electrons. The maximum atomic E-state index is 12.4. The quantitative estimate of drug-likeness (QED) is 0.708. The van der Waals surface area contributed by atoms with E-state index in [2.05, 4.69) is 39.4 Å². The first-order valence-corrected chi connectivity index (χ1v) is 8.48. The van der Waals surface area contributed by atoms with E-state index in [0.29, 0.717) is 18.3 Å². The van der Waals surface area contributed by atoms with Crippen molar-refractivity contribution in [2.45, 2.75) is 26.3 Å². The second kappa shape index (κ2) is 8.20. The molecule has 0 saturated heterocycles. The number of hydrogen-bond acceptors (Lipinski definition) is 5. The van der Waals surface area contributed by atoms with Crippen molar-refractivity contribution >= 4 is 17.4 Å². The zero-order valence-electron chi connectivity index (χ0n) is 14.8. The third-order valence-electron chi connectivity index (χ3n) is 3.91. The van der Waals surface area contributed by atoms with Gasteiger partial charge in [0, 0.05) is 24.6 Å². The number of carbonyl (C=O) groups is 1. The van der Waals surface area contributed by atoms with E-state index in [9.17, 15) is 4.79 Å². The van der Waals surface area contributed by atoms with Gasteiger partial charge in [-0.1, -0.05) is 38.1 Å². The summed E-state index contributed by atoms with van der Waals surface area (Å²) >= 11 is 0. The number of aromatic nitrogens is 3. The first-order valence-electron chi connectivity index (χ1n) is 8.48. The molecule has 0 aliphatic rings. The molecule has 0 aliphatic heterocycles. The number of amides is 1. The Bertz CT molecular complexity index is 863. The Kier molecular flexibility index (Phi) is 5.53. The van der Waals surface area contributed by atoms with Crippen molar-refractivity contribution in [2.24, 2.45) is 0 Å². The maximum Gasteiger partial charge on any atom is 0.275 e. The molecule has 0 atom stereocenters. The number of benzene rings is 1. The van der Waals surface area contributed by atoms with E-state index in [-0.39, 0.29) is 11.6 Å². The topological polar surface area (TPSA) is 79.8 Å². The molecule has 0 bridgehead atoms. The van der Waals surface area contributed by atoms with E-state index in [4.69, 9.17) is 0 Å². The lowest BCUT2D eigenvalue weighted by atomic mass is 10.0. The van der Waals surface area contributed by atoms with Crippen molar-refractivity contribution in [3.05, 3.63) is 78.0 Å². The molecule has 1 aromatic carbocycles. The van der Waals surface area contributed by atoms with Gasteiger partial charge < -0.3 is 10.6 Å². The zero-order chi connectivity index (χ0) is 18.4. The van der Waals surface area contributed by atoms with E-state index < -0.39 is 0 Å². The lowest BCUT2D eigenvalue weighted by molar-refractivity contribution is 0.102. The van der Waals surface area contributed by atoms with Crippen molar-refractivity contribution < 1.29 is 4.79 Å². The van der Waals surface area contributed by atoms with Crippen LogP contribution in [0.15, 0.2) is 61.2 Å². The van der Waals surface area contributed by atoms with Crippen molar-refractivity contribution in [3.63, 3.8) is 0 Å². The van der Waals surface area contributed by atoms with Crippen molar-refractivity contribution in [2.75, 3.05) is 10.6 Å². The Balaban J connectivity index is 1.64. The minimum Gasteiger partial charge on any atom is -0.365 e. The summed E-state index contributed by atoms with van der Waals surface area (Å²) in [5, 5.41) is 6.07. The molecule has 3 aromatic rings. The van der Waals surface area contributed by atoms with E-state index in [1.165, 1.54) is 6.20 Å². The number of para-hydroxylation sites is 1. The van der Waals surface area contributed by atoms with Gasteiger partial charge in [0.05, 0.1) is 12.4 Å². The molecule has 2 N–H and O–H groups in total. The molecule has 0 radical (unpaired) electrons. The highest BCUT2D eigenvalue weighted by atomic mass is 16.1. The van der Waals surface area contributed by atoms with Crippen LogP contribution in [0, 0.1) is 0 Å². The van der Waals surface area contributed by atoms with Gasteiger partial charge in [0.2, 0.25) is 0 Å². The Labute approximate surface area is 152 Å². The fraction of sp³-hybridized carbons (Fsp3) is 0.200. The van der Waals surface area contributed by atoms with Crippen LogP contribution >= 0.6 is 0 Å². The van der Waals surface area contributed by atoms with Gasteiger partial charge in [-0.3, -0.25) is 9.78 Å². The number of anilines is 2. The molecular weight excluding hydrogens is 326 g/mol. The number of carbonyl (C=O) groups excluding carboxylic acids is 1. The normalized spacial score (nSPS) is 10.6. The van der Waals surface area contributed by atoms with Crippen LogP contribution in [0.5, 0.6) is 0 Å². The molecule has 3 rings (SSSR count). The predicted octanol–water partition coefficient (Wildman–Crippen LogP) is 3.86. The van der Waals surface area contributed by atoms with Gasteiger partial charge in [0.1, 0.15) is 11.5 Å². The minimum atomic E-state index is -0.274. The molecule has 2 heterocycles. The fourth-order valence-electron chi connectivity index (χ4n) is 2.53. The van der Waals surface area contributed by atoms with Crippen LogP contribution < -0.4 is 10.6 Å². The lowest BCUT2D eigenvalue weighted by Crippen LogP contribution is -2.16.